The Morgan fingerprint density at radius 1 is 0.947 bits per heavy atom. The summed E-state index contributed by atoms with van der Waals surface area (Å²) in [7, 11) is 0. The average Bonchev–Trinajstić information content (AvgIpc) is 2.37. The molecule has 5 aliphatic rings. The predicted molar refractivity (Wildman–Crippen MR) is 79.8 cm³/mol. The highest BCUT2D eigenvalue weighted by Gasteiger charge is 2.63. The van der Waals surface area contributed by atoms with Gasteiger partial charge in [-0.05, 0) is 74.0 Å². The van der Waals surface area contributed by atoms with Crippen LogP contribution < -0.4 is 5.73 Å². The van der Waals surface area contributed by atoms with Crippen molar-refractivity contribution in [2.45, 2.75) is 89.5 Å². The lowest BCUT2D eigenvalue weighted by Crippen LogP contribution is -2.65. The van der Waals surface area contributed by atoms with E-state index >= 15 is 0 Å². The second-order valence-corrected chi connectivity index (χ2v) is 8.92. The van der Waals surface area contributed by atoms with Crippen LogP contribution >= 0.6 is 0 Å². The zero-order valence-corrected chi connectivity index (χ0v) is 12.7. The molecule has 1 heteroatoms. The van der Waals surface area contributed by atoms with E-state index in [0.29, 0.717) is 10.8 Å². The van der Waals surface area contributed by atoms with Crippen molar-refractivity contribution in [2.75, 3.05) is 0 Å². The second-order valence-electron chi connectivity index (χ2n) is 8.92. The zero-order valence-electron chi connectivity index (χ0n) is 12.7. The third kappa shape index (κ3) is 1.83. The molecule has 5 fully saturated rings. The largest absolute Gasteiger partial charge is 0.325 e. The maximum atomic E-state index is 6.87. The highest BCUT2D eigenvalue weighted by molar-refractivity contribution is 5.16. The monoisotopic (exact) mass is 261 g/mol. The van der Waals surface area contributed by atoms with Gasteiger partial charge in [-0.1, -0.05) is 32.6 Å². The van der Waals surface area contributed by atoms with Gasteiger partial charge in [-0.3, -0.25) is 0 Å². The first-order valence-electron chi connectivity index (χ1n) is 8.86. The van der Waals surface area contributed by atoms with Gasteiger partial charge in [0.05, 0.1) is 0 Å². The lowest BCUT2D eigenvalue weighted by molar-refractivity contribution is -0.152. The summed E-state index contributed by atoms with van der Waals surface area (Å²) in [4.78, 5) is 0. The summed E-state index contributed by atoms with van der Waals surface area (Å²) in [6, 6.07) is 0. The summed E-state index contributed by atoms with van der Waals surface area (Å²) < 4.78 is 0. The van der Waals surface area contributed by atoms with E-state index in [1.54, 1.807) is 6.42 Å². The second kappa shape index (κ2) is 4.00. The van der Waals surface area contributed by atoms with Gasteiger partial charge in [0.25, 0.3) is 0 Å². The number of rotatable bonds is 2. The Morgan fingerprint density at radius 3 is 2.42 bits per heavy atom. The van der Waals surface area contributed by atoms with E-state index in [9.17, 15) is 0 Å². The Hall–Kier alpha value is -0.0400. The van der Waals surface area contributed by atoms with Gasteiger partial charge in [-0.25, -0.2) is 0 Å². The Kier molecular flexibility index (Phi) is 2.67. The predicted octanol–water partition coefficient (Wildman–Crippen LogP) is 4.64. The number of hydrogen-bond acceptors (Lipinski definition) is 1. The summed E-state index contributed by atoms with van der Waals surface area (Å²) >= 11 is 0. The first kappa shape index (κ1) is 12.7. The van der Waals surface area contributed by atoms with Gasteiger partial charge in [-0.2, -0.15) is 0 Å². The summed E-state index contributed by atoms with van der Waals surface area (Å²) in [6.07, 6.45) is 17.6. The molecule has 19 heavy (non-hydrogen) atoms. The Balaban J connectivity index is 1.69. The minimum absolute atomic E-state index is 0.229. The lowest BCUT2D eigenvalue weighted by Gasteiger charge is -2.68. The van der Waals surface area contributed by atoms with Crippen molar-refractivity contribution < 1.29 is 0 Å². The average molecular weight is 261 g/mol. The molecule has 5 saturated carbocycles. The molecule has 4 bridgehead atoms. The molecule has 4 atom stereocenters. The lowest BCUT2D eigenvalue weighted by atomic mass is 9.38. The van der Waals surface area contributed by atoms with Crippen molar-refractivity contribution >= 4 is 0 Å². The molecule has 4 unspecified atom stereocenters. The maximum Gasteiger partial charge on any atom is 0.0167 e. The molecule has 108 valence electrons. The summed E-state index contributed by atoms with van der Waals surface area (Å²) in [5.41, 5.74) is 8.42. The molecular weight excluding hydrogens is 230 g/mol. The van der Waals surface area contributed by atoms with Gasteiger partial charge in [0, 0.05) is 5.54 Å². The van der Waals surface area contributed by atoms with Crippen LogP contribution in [0.15, 0.2) is 0 Å². The third-order valence-corrected chi connectivity index (χ3v) is 7.49. The molecule has 0 aromatic carbocycles. The summed E-state index contributed by atoms with van der Waals surface area (Å²) in [5, 5.41) is 0. The highest BCUT2D eigenvalue weighted by Crippen LogP contribution is 2.70. The first-order valence-corrected chi connectivity index (χ1v) is 8.86. The van der Waals surface area contributed by atoms with Crippen LogP contribution in [0.2, 0.25) is 0 Å². The molecule has 0 amide bonds. The van der Waals surface area contributed by atoms with Gasteiger partial charge >= 0.3 is 0 Å². The quantitative estimate of drug-likeness (QED) is 0.769. The first-order chi connectivity index (χ1) is 9.07. The molecule has 0 saturated heterocycles. The van der Waals surface area contributed by atoms with E-state index in [1.165, 1.54) is 70.6 Å². The van der Waals surface area contributed by atoms with Crippen LogP contribution in [-0.2, 0) is 0 Å². The van der Waals surface area contributed by atoms with Crippen LogP contribution in [0.5, 0.6) is 0 Å². The minimum atomic E-state index is 0.229. The molecule has 0 aromatic heterocycles. The van der Waals surface area contributed by atoms with Gasteiger partial charge < -0.3 is 5.73 Å². The van der Waals surface area contributed by atoms with Crippen LogP contribution in [0.25, 0.3) is 0 Å². The number of hydrogen-bond donors (Lipinski definition) is 1. The number of nitrogens with two attached hydrogens (primary N) is 1. The Bertz CT molecular complexity index is 372. The summed E-state index contributed by atoms with van der Waals surface area (Å²) in [6.45, 7) is 2.44. The van der Waals surface area contributed by atoms with Crippen LogP contribution in [0.1, 0.15) is 84.0 Å². The van der Waals surface area contributed by atoms with Crippen molar-refractivity contribution in [2.24, 2.45) is 28.4 Å². The molecule has 0 aromatic rings. The molecule has 5 rings (SSSR count). The molecule has 1 nitrogen and oxygen atoms in total. The minimum Gasteiger partial charge on any atom is -0.325 e. The SMILES string of the molecule is CCC12CC3CC(N)(C1)CC(C1CCCCC1)(C3)C2. The molecule has 0 spiro atoms. The van der Waals surface area contributed by atoms with E-state index in [0.717, 1.165) is 11.8 Å². The van der Waals surface area contributed by atoms with Crippen LogP contribution in [0.3, 0.4) is 0 Å². The highest BCUT2D eigenvalue weighted by atomic mass is 14.8. The van der Waals surface area contributed by atoms with Crippen LogP contribution in [0.4, 0.5) is 0 Å². The summed E-state index contributed by atoms with van der Waals surface area (Å²) in [5.74, 6) is 2.00. The van der Waals surface area contributed by atoms with E-state index in [1.807, 2.05) is 0 Å². The van der Waals surface area contributed by atoms with Gasteiger partial charge in [0.2, 0.25) is 0 Å². The van der Waals surface area contributed by atoms with Gasteiger partial charge in [0.15, 0.2) is 0 Å². The van der Waals surface area contributed by atoms with Crippen LogP contribution in [-0.4, -0.2) is 5.54 Å². The van der Waals surface area contributed by atoms with Crippen molar-refractivity contribution in [3.8, 4) is 0 Å². The van der Waals surface area contributed by atoms with Crippen molar-refractivity contribution in [1.82, 2.24) is 0 Å². The Labute approximate surface area is 118 Å². The van der Waals surface area contributed by atoms with Crippen molar-refractivity contribution in [1.29, 1.82) is 0 Å². The normalized spacial score (nSPS) is 53.7. The van der Waals surface area contributed by atoms with E-state index < -0.39 is 0 Å². The van der Waals surface area contributed by atoms with Gasteiger partial charge in [0.1, 0.15) is 0 Å². The van der Waals surface area contributed by atoms with Gasteiger partial charge in [-0.15, -0.1) is 0 Å². The molecule has 0 heterocycles. The zero-order chi connectivity index (χ0) is 13.1. The van der Waals surface area contributed by atoms with Crippen molar-refractivity contribution in [3.05, 3.63) is 0 Å². The molecule has 2 N–H and O–H groups in total. The Morgan fingerprint density at radius 2 is 1.74 bits per heavy atom. The van der Waals surface area contributed by atoms with E-state index in [-0.39, 0.29) is 5.54 Å². The maximum absolute atomic E-state index is 6.87. The molecule has 0 radical (unpaired) electrons. The van der Waals surface area contributed by atoms with Crippen LogP contribution in [0, 0.1) is 22.7 Å². The fraction of sp³-hybridized carbons (Fsp3) is 1.00. The molecular formula is C18H31N. The standard InChI is InChI=1S/C18H31N/c1-2-16-8-14-9-17(11-16,13-18(19,10-14)12-16)15-6-4-3-5-7-15/h14-15H,2-13,19H2,1H3. The fourth-order valence-corrected chi connectivity index (χ4v) is 7.36. The third-order valence-electron chi connectivity index (χ3n) is 7.49. The smallest absolute Gasteiger partial charge is 0.0167 e. The van der Waals surface area contributed by atoms with Crippen molar-refractivity contribution in [3.63, 3.8) is 0 Å². The molecule has 0 aliphatic heterocycles. The van der Waals surface area contributed by atoms with E-state index in [2.05, 4.69) is 6.92 Å². The fourth-order valence-electron chi connectivity index (χ4n) is 7.36. The molecule has 5 aliphatic carbocycles. The topological polar surface area (TPSA) is 26.0 Å². The van der Waals surface area contributed by atoms with E-state index in [4.69, 9.17) is 5.73 Å².